The molecule has 0 aromatic carbocycles. The van der Waals surface area contributed by atoms with Crippen LogP contribution in [0, 0.1) is 0 Å². The van der Waals surface area contributed by atoms with Gasteiger partial charge in [0, 0.05) is 19.4 Å². The maximum absolute atomic E-state index is 10.9. The van der Waals surface area contributed by atoms with Crippen LogP contribution < -0.4 is 5.32 Å². The molecule has 1 amide bonds. The summed E-state index contributed by atoms with van der Waals surface area (Å²) >= 11 is 0. The molecule has 80 valence electrons. The van der Waals surface area contributed by atoms with E-state index in [0.29, 0.717) is 0 Å². The molecule has 0 aromatic rings. The van der Waals surface area contributed by atoms with Gasteiger partial charge in [-0.3, -0.25) is 14.4 Å². The summed E-state index contributed by atoms with van der Waals surface area (Å²) in [4.78, 5) is 31.0. The fourth-order valence-corrected chi connectivity index (χ4v) is 0.797. The predicted octanol–water partition coefficient (Wildman–Crippen LogP) is -0.168. The smallest absolute Gasteiger partial charge is 0.305 e. The number of amides is 1. The molecule has 0 aliphatic rings. The fraction of sp³-hybridized carbons (Fsp3) is 0.625. The second kappa shape index (κ2) is 6.88. The summed E-state index contributed by atoms with van der Waals surface area (Å²) in [5.41, 5.74) is 0. The Balaban J connectivity index is 3.37. The molecule has 6 nitrogen and oxygen atoms in total. The van der Waals surface area contributed by atoms with Gasteiger partial charge in [0.05, 0.1) is 6.42 Å². The average Bonchev–Trinajstić information content (AvgIpc) is 2.02. The lowest BCUT2D eigenvalue weighted by Gasteiger charge is -2.01. The van der Waals surface area contributed by atoms with Crippen molar-refractivity contribution < 1.29 is 24.6 Å². The zero-order valence-electron chi connectivity index (χ0n) is 7.65. The van der Waals surface area contributed by atoms with Crippen molar-refractivity contribution in [3.8, 4) is 0 Å². The number of carbonyl (C=O) groups excluding carboxylic acids is 1. The molecule has 14 heavy (non-hydrogen) atoms. The van der Waals surface area contributed by atoms with Crippen molar-refractivity contribution in [2.75, 3.05) is 6.54 Å². The Bertz CT molecular complexity index is 204. The third-order valence-electron chi connectivity index (χ3n) is 1.46. The number of carboxylic acid groups (broad SMARTS) is 2. The minimum absolute atomic E-state index is 0.0493. The van der Waals surface area contributed by atoms with E-state index in [1.54, 1.807) is 0 Å². The number of aliphatic carboxylic acids is 2. The van der Waals surface area contributed by atoms with Crippen molar-refractivity contribution in [1.29, 1.82) is 0 Å². The standard InChI is InChI=1S/C8H13NO5/c10-6(2-1-3-7(11)12)9-5-4-8(13)14/h1-5H2,(H,9,10)(H,11,12)(H,13,14). The van der Waals surface area contributed by atoms with E-state index in [0.717, 1.165) is 0 Å². The van der Waals surface area contributed by atoms with Gasteiger partial charge in [0.1, 0.15) is 0 Å². The molecule has 3 N–H and O–H groups in total. The first-order chi connectivity index (χ1) is 6.52. The van der Waals surface area contributed by atoms with Crippen LogP contribution in [0.4, 0.5) is 0 Å². The van der Waals surface area contributed by atoms with E-state index in [2.05, 4.69) is 5.32 Å². The molecule has 0 heterocycles. The van der Waals surface area contributed by atoms with Gasteiger partial charge in [-0.15, -0.1) is 0 Å². The Morgan fingerprint density at radius 3 is 2.00 bits per heavy atom. The highest BCUT2D eigenvalue weighted by atomic mass is 16.4. The number of hydrogen-bond acceptors (Lipinski definition) is 3. The highest BCUT2D eigenvalue weighted by molar-refractivity contribution is 5.77. The maximum Gasteiger partial charge on any atom is 0.305 e. The van der Waals surface area contributed by atoms with Crippen LogP contribution in [0.3, 0.4) is 0 Å². The zero-order valence-corrected chi connectivity index (χ0v) is 7.65. The van der Waals surface area contributed by atoms with Crippen LogP contribution in [0.15, 0.2) is 0 Å². The van der Waals surface area contributed by atoms with Crippen molar-refractivity contribution in [2.45, 2.75) is 25.7 Å². The Morgan fingerprint density at radius 1 is 0.929 bits per heavy atom. The van der Waals surface area contributed by atoms with E-state index in [-0.39, 0.29) is 38.1 Å². The van der Waals surface area contributed by atoms with E-state index in [1.165, 1.54) is 0 Å². The summed E-state index contributed by atoms with van der Waals surface area (Å²) in [6, 6.07) is 0. The van der Waals surface area contributed by atoms with Crippen LogP contribution in [0.1, 0.15) is 25.7 Å². The van der Waals surface area contributed by atoms with E-state index in [1.807, 2.05) is 0 Å². The first kappa shape index (κ1) is 12.4. The molecular weight excluding hydrogens is 190 g/mol. The third kappa shape index (κ3) is 8.51. The predicted molar refractivity (Wildman–Crippen MR) is 46.7 cm³/mol. The summed E-state index contributed by atoms with van der Waals surface area (Å²) in [6.07, 6.45) is 0.219. The van der Waals surface area contributed by atoms with Crippen LogP contribution in [-0.4, -0.2) is 34.6 Å². The molecular formula is C8H13NO5. The molecule has 0 unspecified atom stereocenters. The molecule has 0 saturated carbocycles. The van der Waals surface area contributed by atoms with Crippen LogP contribution >= 0.6 is 0 Å². The summed E-state index contributed by atoms with van der Waals surface area (Å²) in [7, 11) is 0. The highest BCUT2D eigenvalue weighted by Gasteiger charge is 2.04. The van der Waals surface area contributed by atoms with Gasteiger partial charge in [0.15, 0.2) is 0 Å². The molecule has 0 aromatic heterocycles. The van der Waals surface area contributed by atoms with Gasteiger partial charge in [0.25, 0.3) is 0 Å². The minimum atomic E-state index is -0.976. The Morgan fingerprint density at radius 2 is 1.50 bits per heavy atom. The topological polar surface area (TPSA) is 104 Å². The van der Waals surface area contributed by atoms with Gasteiger partial charge in [-0.2, -0.15) is 0 Å². The number of nitrogens with one attached hydrogen (secondary N) is 1. The second-order valence-electron chi connectivity index (χ2n) is 2.74. The molecule has 0 rings (SSSR count). The summed E-state index contributed by atoms with van der Waals surface area (Å²) in [5, 5.41) is 18.9. The van der Waals surface area contributed by atoms with Crippen LogP contribution in [-0.2, 0) is 14.4 Å². The lowest BCUT2D eigenvalue weighted by Crippen LogP contribution is -2.25. The number of carbonyl (C=O) groups is 3. The van der Waals surface area contributed by atoms with Gasteiger partial charge in [0.2, 0.25) is 5.91 Å². The lowest BCUT2D eigenvalue weighted by molar-refractivity contribution is -0.137. The van der Waals surface area contributed by atoms with E-state index >= 15 is 0 Å². The van der Waals surface area contributed by atoms with Gasteiger partial charge in [-0.05, 0) is 6.42 Å². The molecule has 0 bridgehead atoms. The lowest BCUT2D eigenvalue weighted by atomic mass is 10.2. The zero-order chi connectivity index (χ0) is 11.0. The van der Waals surface area contributed by atoms with E-state index in [9.17, 15) is 14.4 Å². The summed E-state index contributed by atoms with van der Waals surface area (Å²) in [5.74, 6) is -2.23. The maximum atomic E-state index is 10.9. The molecule has 0 saturated heterocycles. The van der Waals surface area contributed by atoms with Crippen LogP contribution in [0.5, 0.6) is 0 Å². The van der Waals surface area contributed by atoms with Crippen molar-refractivity contribution in [3.05, 3.63) is 0 Å². The van der Waals surface area contributed by atoms with Gasteiger partial charge >= 0.3 is 11.9 Å². The number of rotatable bonds is 7. The largest absolute Gasteiger partial charge is 0.481 e. The average molecular weight is 203 g/mol. The van der Waals surface area contributed by atoms with Crippen LogP contribution in [0.2, 0.25) is 0 Å². The third-order valence-corrected chi connectivity index (χ3v) is 1.46. The van der Waals surface area contributed by atoms with E-state index in [4.69, 9.17) is 10.2 Å². The number of carboxylic acids is 2. The van der Waals surface area contributed by atoms with Gasteiger partial charge < -0.3 is 15.5 Å². The first-order valence-electron chi connectivity index (χ1n) is 4.22. The molecule has 0 spiro atoms. The van der Waals surface area contributed by atoms with Crippen molar-refractivity contribution >= 4 is 17.8 Å². The van der Waals surface area contributed by atoms with E-state index < -0.39 is 11.9 Å². The molecule has 0 atom stereocenters. The van der Waals surface area contributed by atoms with Crippen molar-refractivity contribution in [3.63, 3.8) is 0 Å². The van der Waals surface area contributed by atoms with Crippen molar-refractivity contribution in [2.24, 2.45) is 0 Å². The summed E-state index contributed by atoms with van der Waals surface area (Å²) in [6.45, 7) is 0.0846. The monoisotopic (exact) mass is 203 g/mol. The SMILES string of the molecule is O=C(O)CCCC(=O)NCCC(=O)O. The quantitative estimate of drug-likeness (QED) is 0.533. The Kier molecular flexibility index (Phi) is 6.09. The van der Waals surface area contributed by atoms with Gasteiger partial charge in [-0.25, -0.2) is 0 Å². The van der Waals surface area contributed by atoms with Crippen molar-refractivity contribution in [1.82, 2.24) is 5.32 Å². The Hall–Kier alpha value is -1.59. The first-order valence-corrected chi connectivity index (χ1v) is 4.22. The molecule has 0 aliphatic carbocycles. The molecule has 0 aliphatic heterocycles. The highest BCUT2D eigenvalue weighted by Crippen LogP contribution is 1.94. The van der Waals surface area contributed by atoms with Gasteiger partial charge in [-0.1, -0.05) is 0 Å². The molecule has 0 fully saturated rings. The Labute approximate surface area is 80.9 Å². The normalized spacial score (nSPS) is 9.43. The van der Waals surface area contributed by atoms with Crippen LogP contribution in [0.25, 0.3) is 0 Å². The molecule has 6 heteroatoms. The number of hydrogen-bond donors (Lipinski definition) is 3. The molecule has 0 radical (unpaired) electrons. The minimum Gasteiger partial charge on any atom is -0.481 e. The summed E-state index contributed by atoms with van der Waals surface area (Å²) < 4.78 is 0. The fourth-order valence-electron chi connectivity index (χ4n) is 0.797. The second-order valence-corrected chi connectivity index (χ2v) is 2.74.